The lowest BCUT2D eigenvalue weighted by atomic mass is 9.99. The van der Waals surface area contributed by atoms with Gasteiger partial charge in [0.1, 0.15) is 0 Å². The van der Waals surface area contributed by atoms with Crippen LogP contribution in [0.25, 0.3) is 0 Å². The molecule has 148 valence electrons. The third-order valence-electron chi connectivity index (χ3n) is 3.97. The van der Waals surface area contributed by atoms with Gasteiger partial charge in [0.25, 0.3) is 5.91 Å². The molecule has 1 aliphatic carbocycles. The summed E-state index contributed by atoms with van der Waals surface area (Å²) >= 11 is 12.0. The molecule has 10 heteroatoms. The van der Waals surface area contributed by atoms with Gasteiger partial charge in [-0.05, 0) is 43.9 Å². The summed E-state index contributed by atoms with van der Waals surface area (Å²) in [5, 5.41) is 3.08. The zero-order valence-electron chi connectivity index (χ0n) is 14.9. The summed E-state index contributed by atoms with van der Waals surface area (Å²) in [7, 11) is -0.890. The first-order valence-corrected chi connectivity index (χ1v) is 10.4. The second kappa shape index (κ2) is 9.05. The van der Waals surface area contributed by atoms with Gasteiger partial charge in [-0.15, -0.1) is 0 Å². The first-order valence-electron chi connectivity index (χ1n) is 8.19. The Morgan fingerprint density at radius 1 is 1.19 bits per heavy atom. The van der Waals surface area contributed by atoms with Crippen LogP contribution in [0, 0.1) is 0 Å². The van der Waals surface area contributed by atoms with Crippen LogP contribution < -0.4 is 5.32 Å². The zero-order chi connectivity index (χ0) is 20.2. The fourth-order valence-corrected chi connectivity index (χ4v) is 3.86. The molecule has 0 aromatic heterocycles. The molecule has 0 aliphatic heterocycles. The fraction of sp³-hybridized carbons (Fsp3) is 0.412. The van der Waals surface area contributed by atoms with E-state index in [2.05, 4.69) is 5.32 Å². The van der Waals surface area contributed by atoms with Crippen molar-refractivity contribution < 1.29 is 22.7 Å². The number of hydrogen-bond acceptors (Lipinski definition) is 5. The Labute approximate surface area is 168 Å². The van der Waals surface area contributed by atoms with Crippen LogP contribution in [0.5, 0.6) is 0 Å². The number of sulfonamides is 1. The van der Waals surface area contributed by atoms with Gasteiger partial charge in [0, 0.05) is 19.1 Å². The van der Waals surface area contributed by atoms with E-state index in [4.69, 9.17) is 27.9 Å². The first kappa shape index (κ1) is 21.7. The van der Waals surface area contributed by atoms with Crippen molar-refractivity contribution in [2.24, 2.45) is 0 Å². The number of carbonyl (C=O) groups excluding carboxylic acids is 2. The lowest BCUT2D eigenvalue weighted by Crippen LogP contribution is -2.24. The Bertz CT molecular complexity index is 881. The summed E-state index contributed by atoms with van der Waals surface area (Å²) in [6, 6.07) is 3.95. The van der Waals surface area contributed by atoms with Crippen molar-refractivity contribution in [1.29, 1.82) is 0 Å². The highest BCUT2D eigenvalue weighted by Gasteiger charge is 2.21. The van der Waals surface area contributed by atoms with Crippen molar-refractivity contribution in [2.75, 3.05) is 26.0 Å². The minimum absolute atomic E-state index is 0.0247. The Morgan fingerprint density at radius 2 is 1.85 bits per heavy atom. The number of ether oxygens (including phenoxy) is 1. The van der Waals surface area contributed by atoms with Gasteiger partial charge in [-0.1, -0.05) is 23.2 Å². The molecular weight excluding hydrogens is 415 g/mol. The van der Waals surface area contributed by atoms with Crippen molar-refractivity contribution >= 4 is 50.8 Å². The third-order valence-corrected chi connectivity index (χ3v) is 6.53. The lowest BCUT2D eigenvalue weighted by molar-refractivity contribution is -0.143. The maximum atomic E-state index is 12.2. The van der Waals surface area contributed by atoms with Crippen LogP contribution >= 0.6 is 23.2 Å². The average Bonchev–Trinajstić information content (AvgIpc) is 2.61. The molecule has 2 rings (SSSR count). The molecule has 1 aromatic carbocycles. The van der Waals surface area contributed by atoms with E-state index in [0.29, 0.717) is 23.4 Å². The van der Waals surface area contributed by atoms with Gasteiger partial charge in [0.2, 0.25) is 10.0 Å². The van der Waals surface area contributed by atoms with E-state index < -0.39 is 28.5 Å². The van der Waals surface area contributed by atoms with E-state index >= 15 is 0 Å². The molecule has 0 unspecified atom stereocenters. The largest absolute Gasteiger partial charge is 0.452 e. The van der Waals surface area contributed by atoms with E-state index in [9.17, 15) is 18.0 Å². The van der Waals surface area contributed by atoms with Gasteiger partial charge in [0.05, 0.1) is 21.2 Å². The predicted molar refractivity (Wildman–Crippen MR) is 103 cm³/mol. The number of benzene rings is 1. The number of carbonyl (C=O) groups is 2. The summed E-state index contributed by atoms with van der Waals surface area (Å²) < 4.78 is 30.4. The van der Waals surface area contributed by atoms with Crippen LogP contribution in [0.2, 0.25) is 5.02 Å². The van der Waals surface area contributed by atoms with Crippen LogP contribution in [0.1, 0.15) is 25.7 Å². The molecule has 0 radical (unpaired) electrons. The van der Waals surface area contributed by atoms with Crippen LogP contribution in [-0.4, -0.2) is 45.3 Å². The molecule has 0 heterocycles. The highest BCUT2D eigenvalue weighted by molar-refractivity contribution is 7.89. The van der Waals surface area contributed by atoms with Crippen LogP contribution in [0.4, 0.5) is 5.69 Å². The molecule has 27 heavy (non-hydrogen) atoms. The van der Waals surface area contributed by atoms with Crippen molar-refractivity contribution in [3.05, 3.63) is 33.8 Å². The summed E-state index contributed by atoms with van der Waals surface area (Å²) in [6.07, 6.45) is 2.91. The SMILES string of the molecule is CN(C)S(=O)(=O)c1ccc(Cl)c(NC(=O)COC(=O)C2=C(Cl)CCCC2)c1. The van der Waals surface area contributed by atoms with E-state index in [1.54, 1.807) is 0 Å². The Balaban J connectivity index is 2.04. The summed E-state index contributed by atoms with van der Waals surface area (Å²) in [4.78, 5) is 24.1. The molecule has 7 nitrogen and oxygen atoms in total. The molecule has 0 atom stereocenters. The van der Waals surface area contributed by atoms with Gasteiger partial charge >= 0.3 is 5.97 Å². The van der Waals surface area contributed by atoms with E-state index in [1.807, 2.05) is 0 Å². The van der Waals surface area contributed by atoms with Crippen LogP contribution in [0.15, 0.2) is 33.7 Å². The number of anilines is 1. The van der Waals surface area contributed by atoms with E-state index in [1.165, 1.54) is 32.3 Å². The molecule has 0 bridgehead atoms. The monoisotopic (exact) mass is 434 g/mol. The Kier molecular flexibility index (Phi) is 7.27. The van der Waals surface area contributed by atoms with Gasteiger partial charge in [-0.3, -0.25) is 4.79 Å². The zero-order valence-corrected chi connectivity index (χ0v) is 17.2. The second-order valence-corrected chi connectivity index (χ2v) is 9.16. The van der Waals surface area contributed by atoms with Crippen molar-refractivity contribution in [3.8, 4) is 0 Å². The smallest absolute Gasteiger partial charge is 0.335 e. The van der Waals surface area contributed by atoms with Gasteiger partial charge in [0.15, 0.2) is 6.61 Å². The maximum Gasteiger partial charge on any atom is 0.335 e. The minimum Gasteiger partial charge on any atom is -0.452 e. The number of allylic oxidation sites excluding steroid dienone is 1. The van der Waals surface area contributed by atoms with Gasteiger partial charge in [-0.25, -0.2) is 17.5 Å². The van der Waals surface area contributed by atoms with Crippen molar-refractivity contribution in [2.45, 2.75) is 30.6 Å². The number of nitrogens with zero attached hydrogens (tertiary/aromatic N) is 1. The molecule has 0 fully saturated rings. The molecular formula is C17H20Cl2N2O5S. The van der Waals surface area contributed by atoms with Crippen molar-refractivity contribution in [1.82, 2.24) is 4.31 Å². The molecule has 1 aromatic rings. The molecule has 1 N–H and O–H groups in total. The predicted octanol–water partition coefficient (Wildman–Crippen LogP) is 3.14. The average molecular weight is 435 g/mol. The first-order chi connectivity index (χ1) is 12.6. The highest BCUT2D eigenvalue weighted by Crippen LogP contribution is 2.28. The minimum atomic E-state index is -3.68. The van der Waals surface area contributed by atoms with Crippen LogP contribution in [-0.2, 0) is 24.3 Å². The number of esters is 1. The molecule has 1 amide bonds. The third kappa shape index (κ3) is 5.44. The van der Waals surface area contributed by atoms with Crippen LogP contribution in [0.3, 0.4) is 0 Å². The number of amides is 1. The second-order valence-electron chi connectivity index (χ2n) is 6.14. The molecule has 0 spiro atoms. The summed E-state index contributed by atoms with van der Waals surface area (Å²) in [5.41, 5.74) is 0.503. The number of halogens is 2. The van der Waals surface area contributed by atoms with E-state index in [-0.39, 0.29) is 15.6 Å². The lowest BCUT2D eigenvalue weighted by Gasteiger charge is -2.15. The number of hydrogen-bond donors (Lipinski definition) is 1. The Morgan fingerprint density at radius 3 is 2.48 bits per heavy atom. The Hall–Kier alpha value is -1.61. The number of nitrogens with one attached hydrogen (secondary N) is 1. The molecule has 0 saturated carbocycles. The normalized spacial score (nSPS) is 15.0. The summed E-state index contributed by atoms with van der Waals surface area (Å²) in [6.45, 7) is -0.534. The quantitative estimate of drug-likeness (QED) is 0.694. The highest BCUT2D eigenvalue weighted by atomic mass is 35.5. The fourth-order valence-electron chi connectivity index (χ4n) is 2.46. The number of rotatable bonds is 6. The topological polar surface area (TPSA) is 92.8 Å². The van der Waals surface area contributed by atoms with Gasteiger partial charge < -0.3 is 10.1 Å². The molecule has 1 aliphatic rings. The molecule has 0 saturated heterocycles. The standard InChI is InChI=1S/C17H20Cl2N2O5S/c1-21(2)27(24,25)11-7-8-14(19)15(9-11)20-16(22)10-26-17(23)12-5-3-4-6-13(12)18/h7-9H,3-6,10H2,1-2H3,(H,20,22). The summed E-state index contributed by atoms with van der Waals surface area (Å²) in [5.74, 6) is -1.26. The van der Waals surface area contributed by atoms with Crippen molar-refractivity contribution in [3.63, 3.8) is 0 Å². The van der Waals surface area contributed by atoms with E-state index in [0.717, 1.165) is 17.1 Å². The maximum absolute atomic E-state index is 12.2. The van der Waals surface area contributed by atoms with Gasteiger partial charge in [-0.2, -0.15) is 0 Å².